The molecule has 0 radical (unpaired) electrons. The molecule has 1 fully saturated rings. The van der Waals surface area contributed by atoms with Crippen LogP contribution < -0.4 is 15.5 Å². The highest BCUT2D eigenvalue weighted by Gasteiger charge is 2.33. The maximum atomic E-state index is 12.2. The van der Waals surface area contributed by atoms with Crippen molar-refractivity contribution >= 4 is 53.2 Å². The van der Waals surface area contributed by atoms with Gasteiger partial charge in [0.05, 0.1) is 12.6 Å². The molecule has 3 amide bonds. The molecule has 0 aliphatic carbocycles. The van der Waals surface area contributed by atoms with Gasteiger partial charge in [0.1, 0.15) is 23.9 Å². The van der Waals surface area contributed by atoms with Crippen LogP contribution in [0.4, 0.5) is 4.79 Å². The van der Waals surface area contributed by atoms with Crippen molar-refractivity contribution in [2.75, 3.05) is 0 Å². The number of hydrogen-bond donors (Lipinski definition) is 2. The van der Waals surface area contributed by atoms with E-state index in [-0.39, 0.29) is 18.7 Å². The highest BCUT2D eigenvalue weighted by Crippen LogP contribution is 2.23. The van der Waals surface area contributed by atoms with Crippen molar-refractivity contribution in [3.63, 3.8) is 0 Å². The number of nitrogens with zero attached hydrogens (tertiary/aromatic N) is 4. The summed E-state index contributed by atoms with van der Waals surface area (Å²) in [6, 6.07) is 15.8. The number of amides is 3. The number of hydrogen-bond acceptors (Lipinski definition) is 9. The fraction of sp³-hybridized carbons (Fsp3) is 0.136. The highest BCUT2D eigenvalue weighted by molar-refractivity contribution is 8.15. The van der Waals surface area contributed by atoms with E-state index in [1.54, 1.807) is 35.2 Å². The first-order chi connectivity index (χ1) is 16.9. The molecule has 178 valence electrons. The normalized spacial score (nSPS) is 15.3. The lowest BCUT2D eigenvalue weighted by Gasteiger charge is -2.06. The van der Waals surface area contributed by atoms with Crippen molar-refractivity contribution in [2.24, 2.45) is 5.10 Å². The fourth-order valence-electron chi connectivity index (χ4n) is 3.04. The molecule has 2 heterocycles. The van der Waals surface area contributed by atoms with Crippen molar-refractivity contribution in [2.45, 2.75) is 18.2 Å². The molecule has 2 aromatic carbocycles. The summed E-state index contributed by atoms with van der Waals surface area (Å²) in [6.07, 6.45) is 2.75. The van der Waals surface area contributed by atoms with Crippen LogP contribution in [-0.4, -0.2) is 48.8 Å². The van der Waals surface area contributed by atoms with E-state index in [1.165, 1.54) is 10.9 Å². The van der Waals surface area contributed by atoms with Gasteiger partial charge in [0.2, 0.25) is 10.7 Å². The van der Waals surface area contributed by atoms with Crippen LogP contribution in [0.15, 0.2) is 66.0 Å². The molecule has 1 aliphatic rings. The first-order valence-corrected chi connectivity index (χ1v) is 11.5. The van der Waals surface area contributed by atoms with Crippen molar-refractivity contribution in [1.29, 1.82) is 0 Å². The quantitative estimate of drug-likeness (QED) is 0.155. The largest absolute Gasteiger partial charge is 0.426 e. The Morgan fingerprint density at radius 3 is 2.60 bits per heavy atom. The Hall–Kier alpha value is -4.10. The third-order valence-corrected chi connectivity index (χ3v) is 6.08. The number of esters is 1. The van der Waals surface area contributed by atoms with Gasteiger partial charge < -0.3 is 4.74 Å². The summed E-state index contributed by atoms with van der Waals surface area (Å²) < 4.78 is 8.65. The number of nitrogens with one attached hydrogen (secondary N) is 2. The van der Waals surface area contributed by atoms with Crippen molar-refractivity contribution in [3.05, 3.63) is 71.3 Å². The molecule has 1 aliphatic heterocycles. The molecule has 0 saturated carbocycles. The summed E-state index contributed by atoms with van der Waals surface area (Å²) >= 11 is 6.14. The van der Waals surface area contributed by atoms with E-state index in [1.807, 2.05) is 30.3 Å². The van der Waals surface area contributed by atoms with E-state index < -0.39 is 28.3 Å². The minimum atomic E-state index is -0.785. The first kappa shape index (κ1) is 24.0. The molecular weight excluding hydrogens is 492 g/mol. The lowest BCUT2D eigenvalue weighted by molar-refractivity contribution is -0.135. The number of hydrazone groups is 1. The number of imide groups is 1. The molecular formula is C22H18N6O5S2. The Labute approximate surface area is 208 Å². The zero-order valence-electron chi connectivity index (χ0n) is 18.0. The lowest BCUT2D eigenvalue weighted by Crippen LogP contribution is -2.27. The number of para-hydroxylation sites is 1. The van der Waals surface area contributed by atoms with Gasteiger partial charge in [-0.2, -0.15) is 10.2 Å². The second-order valence-corrected chi connectivity index (χ2v) is 8.74. The van der Waals surface area contributed by atoms with E-state index in [0.717, 1.165) is 17.4 Å². The van der Waals surface area contributed by atoms with Gasteiger partial charge in [-0.3, -0.25) is 29.1 Å². The number of rotatable bonds is 8. The number of carbonyl (C=O) groups is 4. The summed E-state index contributed by atoms with van der Waals surface area (Å²) in [5, 5.41) is 8.92. The van der Waals surface area contributed by atoms with Crippen LogP contribution in [0.25, 0.3) is 5.69 Å². The lowest BCUT2D eigenvalue weighted by atomic mass is 10.2. The van der Waals surface area contributed by atoms with Gasteiger partial charge in [-0.15, -0.1) is 0 Å². The maximum absolute atomic E-state index is 12.2. The monoisotopic (exact) mass is 510 g/mol. The van der Waals surface area contributed by atoms with Gasteiger partial charge in [-0.05, 0) is 54.2 Å². The zero-order chi connectivity index (χ0) is 24.8. The predicted octanol–water partition coefficient (Wildman–Crippen LogP) is 2.20. The van der Waals surface area contributed by atoms with Crippen LogP contribution in [0.5, 0.6) is 5.75 Å². The summed E-state index contributed by atoms with van der Waals surface area (Å²) in [7, 11) is 0. The first-order valence-electron chi connectivity index (χ1n) is 10.2. The average molecular weight is 511 g/mol. The molecule has 1 aromatic heterocycles. The van der Waals surface area contributed by atoms with E-state index in [2.05, 4.69) is 20.9 Å². The average Bonchev–Trinajstić information content (AvgIpc) is 3.35. The van der Waals surface area contributed by atoms with Gasteiger partial charge in [-0.1, -0.05) is 30.0 Å². The molecule has 0 spiro atoms. The molecule has 0 bridgehead atoms. The standard InChI is InChI=1S/C22H18N6O5S2/c29-18(12-28-22(34)27(13-24-28)15-4-2-1-3-5-15)26-23-11-14-6-8-16(9-7-14)33-19(30)10-17-20(31)25-21(32)35-17/h1-9,11,13,17H,10,12H2,(H,26,29)(H,25,31,32)/b23-11+/t17-/m1/s1. The molecule has 0 unspecified atom stereocenters. The Morgan fingerprint density at radius 2 is 1.91 bits per heavy atom. The van der Waals surface area contributed by atoms with Crippen molar-refractivity contribution in [1.82, 2.24) is 25.1 Å². The molecule has 1 atom stereocenters. The van der Waals surface area contributed by atoms with E-state index in [4.69, 9.17) is 17.0 Å². The van der Waals surface area contributed by atoms with Crippen LogP contribution in [0.3, 0.4) is 0 Å². The molecule has 35 heavy (non-hydrogen) atoms. The van der Waals surface area contributed by atoms with Gasteiger partial charge in [0, 0.05) is 5.69 Å². The SMILES string of the molecule is O=C(Cn1ncn(-c2ccccc2)c1=S)N/N=C/c1ccc(OC(=O)C[C@H]2SC(=O)NC2=O)cc1. The number of benzene rings is 2. The van der Waals surface area contributed by atoms with Gasteiger partial charge in [0.25, 0.3) is 11.1 Å². The van der Waals surface area contributed by atoms with Gasteiger partial charge in [0.15, 0.2) is 0 Å². The van der Waals surface area contributed by atoms with E-state index in [9.17, 15) is 19.2 Å². The Bertz CT molecular complexity index is 1350. The Kier molecular flexibility index (Phi) is 7.48. The summed E-state index contributed by atoms with van der Waals surface area (Å²) in [6.45, 7) is -0.103. The fourth-order valence-corrected chi connectivity index (χ4v) is 4.10. The topological polar surface area (TPSA) is 137 Å². The predicted molar refractivity (Wildman–Crippen MR) is 130 cm³/mol. The minimum absolute atomic E-state index is 0.103. The van der Waals surface area contributed by atoms with Crippen LogP contribution in [0.1, 0.15) is 12.0 Å². The van der Waals surface area contributed by atoms with Gasteiger partial charge in [-0.25, -0.2) is 10.1 Å². The van der Waals surface area contributed by atoms with E-state index >= 15 is 0 Å². The Balaban J connectivity index is 1.26. The van der Waals surface area contributed by atoms with Crippen molar-refractivity contribution in [3.8, 4) is 11.4 Å². The van der Waals surface area contributed by atoms with Gasteiger partial charge >= 0.3 is 5.97 Å². The third kappa shape index (κ3) is 6.28. The molecule has 11 nitrogen and oxygen atoms in total. The smallest absolute Gasteiger partial charge is 0.312 e. The minimum Gasteiger partial charge on any atom is -0.426 e. The van der Waals surface area contributed by atoms with Crippen molar-refractivity contribution < 1.29 is 23.9 Å². The second kappa shape index (κ2) is 10.9. The molecule has 3 aromatic rings. The summed E-state index contributed by atoms with van der Waals surface area (Å²) in [5.41, 5.74) is 3.90. The van der Waals surface area contributed by atoms with Crippen LogP contribution >= 0.6 is 24.0 Å². The number of thioether (sulfide) groups is 1. The van der Waals surface area contributed by atoms with Crippen LogP contribution in [0.2, 0.25) is 0 Å². The molecule has 13 heteroatoms. The third-order valence-electron chi connectivity index (χ3n) is 4.69. The molecule has 1 saturated heterocycles. The maximum Gasteiger partial charge on any atom is 0.312 e. The Morgan fingerprint density at radius 1 is 1.17 bits per heavy atom. The molecule has 4 rings (SSSR count). The zero-order valence-corrected chi connectivity index (χ0v) is 19.6. The summed E-state index contributed by atoms with van der Waals surface area (Å²) in [5.74, 6) is -1.27. The summed E-state index contributed by atoms with van der Waals surface area (Å²) in [4.78, 5) is 46.9. The van der Waals surface area contributed by atoms with E-state index in [0.29, 0.717) is 10.3 Å². The highest BCUT2D eigenvalue weighted by atomic mass is 32.2. The number of ether oxygens (including phenoxy) is 1. The second-order valence-electron chi connectivity index (χ2n) is 7.20. The van der Waals surface area contributed by atoms with Crippen LogP contribution in [0, 0.1) is 4.77 Å². The molecule has 2 N–H and O–H groups in total. The van der Waals surface area contributed by atoms with Crippen LogP contribution in [-0.2, 0) is 20.9 Å². The number of carbonyl (C=O) groups excluding carboxylic acids is 4. The number of aromatic nitrogens is 3.